The van der Waals surface area contributed by atoms with Crippen LogP contribution in [0.4, 0.5) is 5.69 Å². The van der Waals surface area contributed by atoms with Crippen molar-refractivity contribution in [2.24, 2.45) is 4.99 Å². The molecule has 1 saturated heterocycles. The minimum absolute atomic E-state index is 0.0645. The molecule has 41 heavy (non-hydrogen) atoms. The highest BCUT2D eigenvalue weighted by Crippen LogP contribution is 2.38. The molecule has 5 rings (SSSR count). The molecule has 0 saturated carbocycles. The first-order valence-corrected chi connectivity index (χ1v) is 15.4. The molecule has 0 bridgehead atoms. The van der Waals surface area contributed by atoms with Gasteiger partial charge in [0.1, 0.15) is 6.61 Å². The van der Waals surface area contributed by atoms with Crippen molar-refractivity contribution < 1.29 is 19.0 Å². The molecule has 0 N–H and O–H groups in total. The van der Waals surface area contributed by atoms with Gasteiger partial charge in [-0.2, -0.15) is 0 Å². The SMILES string of the molecule is CCOc1cc(/C=C2\SC(=Nc3ccccc3)N(CCCOC)C2=O)cc(I)c1OCc1ccc2ccccc2c1. The Balaban J connectivity index is 1.40. The monoisotopic (exact) mass is 678 g/mol. The number of carbonyl (C=O) groups excluding carboxylic acids is 1. The third-order valence-electron chi connectivity index (χ3n) is 6.43. The first-order valence-electron chi connectivity index (χ1n) is 13.5. The van der Waals surface area contributed by atoms with Crippen molar-refractivity contribution in [3.8, 4) is 11.5 Å². The number of nitrogens with zero attached hydrogens (tertiary/aromatic N) is 2. The van der Waals surface area contributed by atoms with E-state index < -0.39 is 0 Å². The molecular weight excluding hydrogens is 647 g/mol. The van der Waals surface area contributed by atoms with Gasteiger partial charge in [-0.25, -0.2) is 4.99 Å². The maximum Gasteiger partial charge on any atom is 0.266 e. The first kappa shape index (κ1) is 29.2. The second-order valence-corrected chi connectivity index (χ2v) is 11.5. The van der Waals surface area contributed by atoms with Crippen molar-refractivity contribution in [1.29, 1.82) is 0 Å². The second kappa shape index (κ2) is 14.0. The zero-order chi connectivity index (χ0) is 28.6. The minimum atomic E-state index is -0.0645. The van der Waals surface area contributed by atoms with Crippen LogP contribution in [-0.2, 0) is 16.1 Å². The van der Waals surface area contributed by atoms with Crippen LogP contribution in [0.1, 0.15) is 24.5 Å². The van der Waals surface area contributed by atoms with Gasteiger partial charge in [-0.3, -0.25) is 9.69 Å². The molecule has 210 valence electrons. The van der Waals surface area contributed by atoms with Gasteiger partial charge in [0.15, 0.2) is 16.7 Å². The Hall–Kier alpha value is -3.34. The summed E-state index contributed by atoms with van der Waals surface area (Å²) in [5.74, 6) is 1.28. The van der Waals surface area contributed by atoms with E-state index in [0.717, 1.165) is 26.8 Å². The standard InChI is InChI=1S/C33H31IN2O4S/c1-3-39-29-20-24(19-28(34)31(29)40-22-23-14-15-25-10-7-8-11-26(25)18-23)21-30-32(37)36(16-9-17-38-2)33(41-30)35-27-12-5-4-6-13-27/h4-8,10-15,18-21H,3,9,16-17,22H2,1-2H3/b30-21-,35-33?. The third-order valence-corrected chi connectivity index (χ3v) is 8.23. The molecule has 0 aromatic heterocycles. The summed E-state index contributed by atoms with van der Waals surface area (Å²) in [4.78, 5) is 20.6. The number of thioether (sulfide) groups is 1. The summed E-state index contributed by atoms with van der Waals surface area (Å²) < 4.78 is 18.4. The summed E-state index contributed by atoms with van der Waals surface area (Å²) in [6.45, 7) is 3.98. The minimum Gasteiger partial charge on any atom is -0.490 e. The number of rotatable bonds is 11. The summed E-state index contributed by atoms with van der Waals surface area (Å²) in [6.07, 6.45) is 2.63. The molecule has 1 heterocycles. The van der Waals surface area contributed by atoms with Crippen LogP contribution < -0.4 is 9.47 Å². The fourth-order valence-corrected chi connectivity index (χ4v) is 6.28. The summed E-state index contributed by atoms with van der Waals surface area (Å²) in [5.41, 5.74) is 2.76. The number of hydrogen-bond donors (Lipinski definition) is 0. The van der Waals surface area contributed by atoms with E-state index in [2.05, 4.69) is 52.9 Å². The fraction of sp³-hybridized carbons (Fsp3) is 0.212. The topological polar surface area (TPSA) is 60.4 Å². The lowest BCUT2D eigenvalue weighted by atomic mass is 10.1. The van der Waals surface area contributed by atoms with Gasteiger partial charge >= 0.3 is 0 Å². The molecule has 1 fully saturated rings. The van der Waals surface area contributed by atoms with E-state index in [1.807, 2.05) is 67.6 Å². The summed E-state index contributed by atoms with van der Waals surface area (Å²) >= 11 is 3.66. The molecule has 0 unspecified atom stereocenters. The quantitative estimate of drug-likeness (QED) is 0.0913. The molecule has 1 amide bonds. The number of methoxy groups -OCH3 is 1. The maximum atomic E-state index is 13.5. The molecule has 0 radical (unpaired) electrons. The van der Waals surface area contributed by atoms with E-state index in [0.29, 0.717) is 47.9 Å². The van der Waals surface area contributed by atoms with Gasteiger partial charge < -0.3 is 14.2 Å². The lowest BCUT2D eigenvalue weighted by molar-refractivity contribution is -0.122. The van der Waals surface area contributed by atoms with E-state index in [9.17, 15) is 4.79 Å². The van der Waals surface area contributed by atoms with Gasteiger partial charge in [-0.05, 0) is 106 Å². The van der Waals surface area contributed by atoms with Gasteiger partial charge in [-0.1, -0.05) is 54.6 Å². The van der Waals surface area contributed by atoms with E-state index in [1.165, 1.54) is 22.5 Å². The Morgan fingerprint density at radius 3 is 2.51 bits per heavy atom. The van der Waals surface area contributed by atoms with Crippen LogP contribution in [0.2, 0.25) is 0 Å². The third kappa shape index (κ3) is 7.30. The molecule has 6 nitrogen and oxygen atoms in total. The number of benzene rings is 4. The van der Waals surface area contributed by atoms with Crippen molar-refractivity contribution in [2.45, 2.75) is 20.0 Å². The van der Waals surface area contributed by atoms with Crippen LogP contribution >= 0.6 is 34.4 Å². The number of aliphatic imine (C=N–C) groups is 1. The molecule has 0 aliphatic carbocycles. The normalized spacial score (nSPS) is 15.3. The number of hydrogen-bond acceptors (Lipinski definition) is 6. The zero-order valence-electron chi connectivity index (χ0n) is 23.0. The number of carbonyl (C=O) groups is 1. The molecule has 0 spiro atoms. The predicted octanol–water partition coefficient (Wildman–Crippen LogP) is 8.06. The molecular formula is C33H31IN2O4S. The Labute approximate surface area is 258 Å². The van der Waals surface area contributed by atoms with Crippen LogP contribution in [-0.4, -0.2) is 42.8 Å². The van der Waals surface area contributed by atoms with Crippen molar-refractivity contribution >= 4 is 68.0 Å². The number of fused-ring (bicyclic) bond motifs is 1. The number of halogens is 1. The van der Waals surface area contributed by atoms with Crippen molar-refractivity contribution in [2.75, 3.05) is 26.9 Å². The van der Waals surface area contributed by atoms with Gasteiger partial charge in [0.05, 0.1) is 20.8 Å². The fourth-order valence-electron chi connectivity index (χ4n) is 4.48. The van der Waals surface area contributed by atoms with Gasteiger partial charge in [0.25, 0.3) is 5.91 Å². The Kier molecular flexibility index (Phi) is 9.97. The number of amidine groups is 1. The van der Waals surface area contributed by atoms with Gasteiger partial charge in [-0.15, -0.1) is 0 Å². The summed E-state index contributed by atoms with van der Waals surface area (Å²) in [5, 5.41) is 3.05. The highest BCUT2D eigenvalue weighted by molar-refractivity contribution is 14.1. The average Bonchev–Trinajstić information content (AvgIpc) is 3.26. The molecule has 4 aromatic rings. The van der Waals surface area contributed by atoms with E-state index in [4.69, 9.17) is 19.2 Å². The van der Waals surface area contributed by atoms with E-state index in [-0.39, 0.29) is 5.91 Å². The van der Waals surface area contributed by atoms with Crippen molar-refractivity contribution in [3.63, 3.8) is 0 Å². The molecule has 8 heteroatoms. The van der Waals surface area contributed by atoms with Crippen LogP contribution in [0.3, 0.4) is 0 Å². The maximum absolute atomic E-state index is 13.5. The second-order valence-electron chi connectivity index (χ2n) is 9.38. The Morgan fingerprint density at radius 2 is 1.73 bits per heavy atom. The largest absolute Gasteiger partial charge is 0.490 e. The highest BCUT2D eigenvalue weighted by atomic mass is 127. The van der Waals surface area contributed by atoms with Gasteiger partial charge in [0, 0.05) is 20.3 Å². The number of amides is 1. The summed E-state index contributed by atoms with van der Waals surface area (Å²) in [6, 6.07) is 28.3. The first-order chi connectivity index (χ1) is 20.1. The van der Waals surface area contributed by atoms with Crippen LogP contribution in [0, 0.1) is 3.57 Å². The zero-order valence-corrected chi connectivity index (χ0v) is 26.0. The molecule has 0 atom stereocenters. The van der Waals surface area contributed by atoms with Crippen molar-refractivity contribution in [3.05, 3.63) is 105 Å². The molecule has 4 aromatic carbocycles. The Bertz CT molecular complexity index is 1590. The van der Waals surface area contributed by atoms with E-state index >= 15 is 0 Å². The molecule has 1 aliphatic heterocycles. The van der Waals surface area contributed by atoms with Crippen LogP contribution in [0.15, 0.2) is 94.8 Å². The lowest BCUT2D eigenvalue weighted by Gasteiger charge is -2.15. The molecule has 1 aliphatic rings. The number of ether oxygens (including phenoxy) is 3. The van der Waals surface area contributed by atoms with Crippen molar-refractivity contribution in [1.82, 2.24) is 4.90 Å². The predicted molar refractivity (Wildman–Crippen MR) is 176 cm³/mol. The van der Waals surface area contributed by atoms with E-state index in [1.54, 1.807) is 12.0 Å². The Morgan fingerprint density at radius 1 is 0.951 bits per heavy atom. The van der Waals surface area contributed by atoms with Crippen LogP contribution in [0.5, 0.6) is 11.5 Å². The number of para-hydroxylation sites is 1. The summed E-state index contributed by atoms with van der Waals surface area (Å²) in [7, 11) is 1.66. The lowest BCUT2D eigenvalue weighted by Crippen LogP contribution is -2.30. The highest BCUT2D eigenvalue weighted by Gasteiger charge is 2.33. The smallest absolute Gasteiger partial charge is 0.266 e. The van der Waals surface area contributed by atoms with Gasteiger partial charge in [0.2, 0.25) is 0 Å². The average molecular weight is 679 g/mol. The van der Waals surface area contributed by atoms with Crippen LogP contribution in [0.25, 0.3) is 16.8 Å².